The molecule has 0 spiro atoms. The van der Waals surface area contributed by atoms with Gasteiger partial charge in [0.1, 0.15) is 0 Å². The van der Waals surface area contributed by atoms with E-state index in [1.165, 1.54) is 18.1 Å². The molecule has 0 bridgehead atoms. The Hall–Kier alpha value is -1.26. The zero-order chi connectivity index (χ0) is 14.4. The van der Waals surface area contributed by atoms with E-state index in [9.17, 15) is 9.59 Å². The molecule has 0 aromatic heterocycles. The first kappa shape index (κ1) is 15.8. The van der Waals surface area contributed by atoms with Crippen molar-refractivity contribution in [2.45, 2.75) is 12.8 Å². The second-order valence-electron chi connectivity index (χ2n) is 4.03. The molecule has 0 fully saturated rings. The minimum Gasteiger partial charge on any atom is -0.469 e. The fourth-order valence-corrected chi connectivity index (χ4v) is 2.02. The van der Waals surface area contributed by atoms with E-state index in [1.54, 1.807) is 19.2 Å². The maximum atomic E-state index is 12.1. The Morgan fingerprint density at radius 3 is 2.58 bits per heavy atom. The highest BCUT2D eigenvalue weighted by Gasteiger charge is 2.15. The van der Waals surface area contributed by atoms with Gasteiger partial charge in [-0.1, -0.05) is 23.2 Å². The van der Waals surface area contributed by atoms with Crippen LogP contribution in [0.4, 0.5) is 0 Å². The van der Waals surface area contributed by atoms with Crippen molar-refractivity contribution in [1.29, 1.82) is 0 Å². The Bertz CT molecular complexity index is 477. The minimum absolute atomic E-state index is 0.202. The molecule has 1 aromatic rings. The number of halogens is 2. The maximum absolute atomic E-state index is 12.1. The second-order valence-corrected chi connectivity index (χ2v) is 4.87. The molecule has 0 heterocycles. The lowest BCUT2D eigenvalue weighted by atomic mass is 10.2. The summed E-state index contributed by atoms with van der Waals surface area (Å²) in [5, 5.41) is 0.798. The third kappa shape index (κ3) is 4.73. The predicted octanol–water partition coefficient (Wildman–Crippen LogP) is 3.02. The molecular formula is C13H15Cl2NO3. The summed E-state index contributed by atoms with van der Waals surface area (Å²) in [5.74, 6) is -0.489. The summed E-state index contributed by atoms with van der Waals surface area (Å²) in [6.45, 7) is 0.451. The Morgan fingerprint density at radius 2 is 2.00 bits per heavy atom. The van der Waals surface area contributed by atoms with Crippen molar-refractivity contribution in [3.05, 3.63) is 33.8 Å². The number of esters is 1. The first-order valence-electron chi connectivity index (χ1n) is 5.73. The second kappa shape index (κ2) is 7.36. The number of amides is 1. The van der Waals surface area contributed by atoms with Crippen LogP contribution in [0.3, 0.4) is 0 Å². The van der Waals surface area contributed by atoms with Crippen molar-refractivity contribution in [3.8, 4) is 0 Å². The van der Waals surface area contributed by atoms with E-state index in [-0.39, 0.29) is 18.3 Å². The van der Waals surface area contributed by atoms with Crippen molar-refractivity contribution >= 4 is 35.1 Å². The van der Waals surface area contributed by atoms with Crippen LogP contribution in [0.2, 0.25) is 10.0 Å². The van der Waals surface area contributed by atoms with Crippen LogP contribution in [0.5, 0.6) is 0 Å². The summed E-state index contributed by atoms with van der Waals surface area (Å²) in [4.78, 5) is 24.6. The van der Waals surface area contributed by atoms with Gasteiger partial charge in [0.25, 0.3) is 5.91 Å². The van der Waals surface area contributed by atoms with Crippen LogP contribution in [0.15, 0.2) is 18.2 Å². The fourth-order valence-electron chi connectivity index (χ4n) is 1.53. The molecule has 0 aliphatic carbocycles. The van der Waals surface area contributed by atoms with Crippen LogP contribution in [0.1, 0.15) is 23.2 Å². The average Bonchev–Trinajstić information content (AvgIpc) is 2.37. The van der Waals surface area contributed by atoms with E-state index in [2.05, 4.69) is 4.74 Å². The minimum atomic E-state index is -0.287. The zero-order valence-corrected chi connectivity index (χ0v) is 12.3. The van der Waals surface area contributed by atoms with Crippen LogP contribution < -0.4 is 0 Å². The number of methoxy groups -OCH3 is 1. The summed E-state index contributed by atoms with van der Waals surface area (Å²) in [6.07, 6.45) is 0.822. The maximum Gasteiger partial charge on any atom is 0.305 e. The molecule has 6 heteroatoms. The molecule has 19 heavy (non-hydrogen) atoms. The summed E-state index contributed by atoms with van der Waals surface area (Å²) in [5.41, 5.74) is 0.395. The summed E-state index contributed by atoms with van der Waals surface area (Å²) in [7, 11) is 3.00. The molecule has 0 N–H and O–H groups in total. The number of hydrogen-bond donors (Lipinski definition) is 0. The van der Waals surface area contributed by atoms with E-state index in [1.807, 2.05) is 0 Å². The van der Waals surface area contributed by atoms with Gasteiger partial charge in [0, 0.05) is 25.0 Å². The average molecular weight is 304 g/mol. The smallest absolute Gasteiger partial charge is 0.305 e. The molecule has 0 atom stereocenters. The van der Waals surface area contributed by atoms with Gasteiger partial charge in [0.15, 0.2) is 0 Å². The predicted molar refractivity (Wildman–Crippen MR) is 74.7 cm³/mol. The van der Waals surface area contributed by atoms with Crippen molar-refractivity contribution in [2.24, 2.45) is 0 Å². The Labute approximate surface area is 122 Å². The number of benzene rings is 1. The van der Waals surface area contributed by atoms with Gasteiger partial charge in [-0.25, -0.2) is 0 Å². The van der Waals surface area contributed by atoms with E-state index < -0.39 is 0 Å². The molecule has 104 valence electrons. The topological polar surface area (TPSA) is 46.6 Å². The molecule has 0 unspecified atom stereocenters. The summed E-state index contributed by atoms with van der Waals surface area (Å²) >= 11 is 11.7. The Balaban J connectivity index is 2.59. The molecule has 1 rings (SSSR count). The molecule has 0 radical (unpaired) electrons. The van der Waals surface area contributed by atoms with Gasteiger partial charge in [0.2, 0.25) is 0 Å². The molecule has 0 saturated carbocycles. The van der Waals surface area contributed by atoms with Crippen molar-refractivity contribution in [1.82, 2.24) is 4.90 Å². The van der Waals surface area contributed by atoms with Crippen LogP contribution in [-0.2, 0) is 9.53 Å². The Morgan fingerprint density at radius 1 is 1.32 bits per heavy atom. The van der Waals surface area contributed by atoms with E-state index in [0.29, 0.717) is 28.6 Å². The summed E-state index contributed by atoms with van der Waals surface area (Å²) in [6, 6.07) is 4.73. The third-order valence-corrected chi connectivity index (χ3v) is 3.16. The molecule has 0 saturated heterocycles. The Kier molecular flexibility index (Phi) is 6.12. The highest BCUT2D eigenvalue weighted by atomic mass is 35.5. The van der Waals surface area contributed by atoms with E-state index in [4.69, 9.17) is 23.2 Å². The fraction of sp³-hybridized carbons (Fsp3) is 0.385. The first-order chi connectivity index (χ1) is 8.95. The number of rotatable bonds is 5. The van der Waals surface area contributed by atoms with Gasteiger partial charge in [-0.05, 0) is 24.6 Å². The van der Waals surface area contributed by atoms with E-state index in [0.717, 1.165) is 0 Å². The van der Waals surface area contributed by atoms with Gasteiger partial charge < -0.3 is 9.64 Å². The van der Waals surface area contributed by atoms with Crippen LogP contribution >= 0.6 is 23.2 Å². The van der Waals surface area contributed by atoms with Crippen LogP contribution in [0.25, 0.3) is 0 Å². The monoisotopic (exact) mass is 303 g/mol. The summed E-state index contributed by atoms with van der Waals surface area (Å²) < 4.78 is 4.53. The number of ether oxygens (including phenoxy) is 1. The molecule has 4 nitrogen and oxygen atoms in total. The lowest BCUT2D eigenvalue weighted by molar-refractivity contribution is -0.140. The SMILES string of the molecule is COC(=O)CCCN(C)C(=O)c1ccc(Cl)cc1Cl. The largest absolute Gasteiger partial charge is 0.469 e. The number of nitrogens with zero attached hydrogens (tertiary/aromatic N) is 1. The number of carbonyl (C=O) groups is 2. The van der Waals surface area contributed by atoms with Crippen LogP contribution in [-0.4, -0.2) is 37.5 Å². The third-order valence-electron chi connectivity index (χ3n) is 2.61. The van der Waals surface area contributed by atoms with Gasteiger partial charge in [-0.3, -0.25) is 9.59 Å². The molecule has 1 amide bonds. The lowest BCUT2D eigenvalue weighted by Crippen LogP contribution is -2.28. The standard InChI is InChI=1S/C13H15Cl2NO3/c1-16(7-3-4-12(17)19-2)13(18)10-6-5-9(14)8-11(10)15/h5-6,8H,3-4,7H2,1-2H3. The van der Waals surface area contributed by atoms with Crippen molar-refractivity contribution < 1.29 is 14.3 Å². The van der Waals surface area contributed by atoms with Gasteiger partial charge in [0.05, 0.1) is 17.7 Å². The molecule has 0 aliphatic heterocycles. The molecular weight excluding hydrogens is 289 g/mol. The zero-order valence-electron chi connectivity index (χ0n) is 10.8. The quantitative estimate of drug-likeness (QED) is 0.786. The van der Waals surface area contributed by atoms with Crippen molar-refractivity contribution in [2.75, 3.05) is 20.7 Å². The van der Waals surface area contributed by atoms with Gasteiger partial charge in [-0.2, -0.15) is 0 Å². The normalized spacial score (nSPS) is 10.1. The highest BCUT2D eigenvalue weighted by molar-refractivity contribution is 6.36. The highest BCUT2D eigenvalue weighted by Crippen LogP contribution is 2.22. The van der Waals surface area contributed by atoms with E-state index >= 15 is 0 Å². The molecule has 1 aromatic carbocycles. The van der Waals surface area contributed by atoms with Gasteiger partial charge >= 0.3 is 5.97 Å². The van der Waals surface area contributed by atoms with Gasteiger partial charge in [-0.15, -0.1) is 0 Å². The molecule has 0 aliphatic rings. The number of hydrogen-bond acceptors (Lipinski definition) is 3. The number of carbonyl (C=O) groups excluding carboxylic acids is 2. The van der Waals surface area contributed by atoms with Crippen LogP contribution in [0, 0.1) is 0 Å². The van der Waals surface area contributed by atoms with Crippen molar-refractivity contribution in [3.63, 3.8) is 0 Å². The lowest BCUT2D eigenvalue weighted by Gasteiger charge is -2.17. The first-order valence-corrected chi connectivity index (χ1v) is 6.48.